The minimum absolute atomic E-state index is 0.130. The zero-order chi connectivity index (χ0) is 37.8. The van der Waals surface area contributed by atoms with Gasteiger partial charge in [0.15, 0.2) is 5.82 Å². The lowest BCUT2D eigenvalue weighted by Crippen LogP contribution is -2.36. The molecule has 0 spiro atoms. The van der Waals surface area contributed by atoms with Crippen molar-refractivity contribution in [3.05, 3.63) is 156 Å². The Balaban J connectivity index is 1.40. The number of alkyl halides is 6. The minimum atomic E-state index is -4.95. The first kappa shape index (κ1) is 34.6. The molecule has 0 fully saturated rings. The molecule has 2 heterocycles. The zero-order valence-electron chi connectivity index (χ0n) is 28.5. The van der Waals surface area contributed by atoms with E-state index >= 15 is 0 Å². The van der Waals surface area contributed by atoms with Crippen LogP contribution < -0.4 is 0 Å². The topological polar surface area (TPSA) is 54.5 Å². The molecule has 2 aromatic heterocycles. The van der Waals surface area contributed by atoms with Gasteiger partial charge in [-0.05, 0) is 47.5 Å². The Morgan fingerprint density at radius 2 is 1.24 bits per heavy atom. The number of nitriles is 1. The number of hydrogen-bond donors (Lipinski definition) is 0. The van der Waals surface area contributed by atoms with Crippen LogP contribution in [0.15, 0.2) is 145 Å². The Hall–Kier alpha value is -6.47. The van der Waals surface area contributed by atoms with Crippen molar-refractivity contribution < 1.29 is 26.3 Å². The van der Waals surface area contributed by atoms with E-state index in [4.69, 9.17) is 9.97 Å². The van der Waals surface area contributed by atoms with Crippen molar-refractivity contribution in [2.75, 3.05) is 0 Å². The number of rotatable bonds is 5. The van der Waals surface area contributed by atoms with Gasteiger partial charge in [-0.2, -0.15) is 31.6 Å². The maximum Gasteiger partial charge on any atom is 0.412 e. The summed E-state index contributed by atoms with van der Waals surface area (Å²) in [7, 11) is 0. The van der Waals surface area contributed by atoms with Crippen LogP contribution in [0.2, 0.25) is 0 Å². The number of para-hydroxylation sites is 1. The van der Waals surface area contributed by atoms with E-state index in [0.717, 1.165) is 35.6 Å². The average Bonchev–Trinajstić information content (AvgIpc) is 3.50. The molecule has 10 heteroatoms. The summed E-state index contributed by atoms with van der Waals surface area (Å²) in [6.45, 7) is 0.965. The second-order valence-corrected chi connectivity index (χ2v) is 13.2. The Bertz CT molecular complexity index is 2610. The highest BCUT2D eigenvalue weighted by atomic mass is 19.4. The van der Waals surface area contributed by atoms with E-state index < -0.39 is 29.8 Å². The molecule has 2 atom stereocenters. The average molecular weight is 727 g/mol. The molecule has 0 saturated carbocycles. The number of fused-ring (bicyclic) bond motifs is 3. The van der Waals surface area contributed by atoms with Crippen LogP contribution in [-0.4, -0.2) is 26.9 Å². The molecular weight excluding hydrogens is 699 g/mol. The highest BCUT2D eigenvalue weighted by Gasteiger charge is 2.52. The van der Waals surface area contributed by atoms with Gasteiger partial charge in [-0.3, -0.25) is 0 Å². The van der Waals surface area contributed by atoms with E-state index in [-0.39, 0.29) is 11.1 Å². The Morgan fingerprint density at radius 3 is 1.85 bits per heavy atom. The monoisotopic (exact) mass is 726 g/mol. The number of halogens is 6. The van der Waals surface area contributed by atoms with Crippen LogP contribution in [0.3, 0.4) is 0 Å². The number of aromatic nitrogens is 3. The van der Waals surface area contributed by atoms with E-state index in [1.807, 2.05) is 95.6 Å². The molecule has 2 unspecified atom stereocenters. The van der Waals surface area contributed by atoms with Crippen LogP contribution in [0.1, 0.15) is 18.1 Å². The van der Waals surface area contributed by atoms with Crippen molar-refractivity contribution in [2.24, 2.45) is 11.8 Å². The third kappa shape index (κ3) is 6.11. The summed E-state index contributed by atoms with van der Waals surface area (Å²) in [4.78, 5) is 10.0. The normalized spacial score (nSPS) is 16.3. The van der Waals surface area contributed by atoms with E-state index in [1.54, 1.807) is 30.3 Å². The Morgan fingerprint density at radius 1 is 0.630 bits per heavy atom. The molecule has 0 amide bonds. The number of allylic oxidation sites excluding steroid dienone is 4. The number of nitrogens with zero attached hydrogens (tertiary/aromatic N) is 4. The molecule has 0 radical (unpaired) electrons. The van der Waals surface area contributed by atoms with Crippen molar-refractivity contribution in [1.29, 1.82) is 5.26 Å². The summed E-state index contributed by atoms with van der Waals surface area (Å²) >= 11 is 0. The zero-order valence-corrected chi connectivity index (χ0v) is 28.5. The van der Waals surface area contributed by atoms with Crippen molar-refractivity contribution in [3.63, 3.8) is 0 Å². The van der Waals surface area contributed by atoms with Crippen LogP contribution in [0.25, 0.3) is 67.0 Å². The maximum absolute atomic E-state index is 14.7. The highest BCUT2D eigenvalue weighted by Crippen LogP contribution is 2.50. The molecule has 0 saturated heterocycles. The maximum atomic E-state index is 14.7. The van der Waals surface area contributed by atoms with Gasteiger partial charge in [0.25, 0.3) is 0 Å². The fraction of sp³-hybridized carbons (Fsp3) is 0.114. The molecule has 0 bridgehead atoms. The van der Waals surface area contributed by atoms with Crippen molar-refractivity contribution in [1.82, 2.24) is 14.5 Å². The van der Waals surface area contributed by atoms with E-state index in [2.05, 4.69) is 6.07 Å². The van der Waals surface area contributed by atoms with Gasteiger partial charge in [0, 0.05) is 39.0 Å². The number of benzene rings is 5. The molecule has 54 heavy (non-hydrogen) atoms. The van der Waals surface area contributed by atoms with Gasteiger partial charge in [0.05, 0.1) is 45.7 Å². The minimum Gasteiger partial charge on any atom is -0.308 e. The third-order valence-electron chi connectivity index (χ3n) is 9.93. The van der Waals surface area contributed by atoms with Crippen LogP contribution in [0.4, 0.5) is 26.3 Å². The lowest BCUT2D eigenvalue weighted by Gasteiger charge is -2.34. The molecular formula is C44H28F6N4. The predicted molar refractivity (Wildman–Crippen MR) is 198 cm³/mol. The van der Waals surface area contributed by atoms with Crippen LogP contribution in [0, 0.1) is 23.2 Å². The van der Waals surface area contributed by atoms with E-state index in [0.29, 0.717) is 50.4 Å². The summed E-state index contributed by atoms with van der Waals surface area (Å²) in [5.41, 5.74) is 4.21. The van der Waals surface area contributed by atoms with Crippen molar-refractivity contribution in [3.8, 4) is 45.7 Å². The molecule has 8 rings (SSSR count). The molecule has 1 aliphatic rings. The Kier molecular flexibility index (Phi) is 8.45. The molecule has 266 valence electrons. The van der Waals surface area contributed by atoms with E-state index in [1.165, 1.54) is 6.07 Å². The standard InChI is InChI=1S/C44H28F6N4/c1-26-35(43(45,46)47)21-20-31(41(26)44(48,49)50)30-17-19-33-32-14-8-9-15-38(32)54(40(33)23-30)39-22-27(25-51)16-18-34(39)42-52-36(28-10-4-2-5-11-28)24-37(53-42)29-12-6-3-7-13-29/h2-24,26,41H,1H3. The fourth-order valence-electron chi connectivity index (χ4n) is 7.44. The van der Waals surface area contributed by atoms with Gasteiger partial charge in [0.2, 0.25) is 0 Å². The SMILES string of the molecule is CC1C(C(F)(F)F)=CC=C(c2ccc3c4ccccc4n(-c4cc(C#N)ccc4-c4nc(-c5ccccc5)cc(-c5ccccc5)n4)c3c2)C1C(F)(F)F. The van der Waals surface area contributed by atoms with Gasteiger partial charge in [0.1, 0.15) is 0 Å². The van der Waals surface area contributed by atoms with Crippen molar-refractivity contribution >= 4 is 27.4 Å². The number of hydrogen-bond acceptors (Lipinski definition) is 3. The largest absolute Gasteiger partial charge is 0.412 e. The molecule has 0 aliphatic heterocycles. The predicted octanol–water partition coefficient (Wildman–Crippen LogP) is 12.1. The molecule has 1 aliphatic carbocycles. The quantitative estimate of drug-likeness (QED) is 0.166. The van der Waals surface area contributed by atoms with Crippen molar-refractivity contribution in [2.45, 2.75) is 19.3 Å². The molecule has 7 aromatic rings. The second kappa shape index (κ2) is 13.2. The molecule has 5 aromatic carbocycles. The molecule has 0 N–H and O–H groups in total. The molecule has 4 nitrogen and oxygen atoms in total. The van der Waals surface area contributed by atoms with Crippen LogP contribution >= 0.6 is 0 Å². The van der Waals surface area contributed by atoms with Gasteiger partial charge in [-0.1, -0.05) is 110 Å². The summed E-state index contributed by atoms with van der Waals surface area (Å²) in [6.07, 6.45) is -8.18. The Labute approximate surface area is 306 Å². The first-order valence-electron chi connectivity index (χ1n) is 17.1. The highest BCUT2D eigenvalue weighted by molar-refractivity contribution is 6.10. The summed E-state index contributed by atoms with van der Waals surface area (Å²) in [6, 6.07) is 40.7. The smallest absolute Gasteiger partial charge is 0.308 e. The van der Waals surface area contributed by atoms with E-state index in [9.17, 15) is 31.6 Å². The third-order valence-corrected chi connectivity index (χ3v) is 9.93. The van der Waals surface area contributed by atoms with Gasteiger partial charge < -0.3 is 4.57 Å². The second-order valence-electron chi connectivity index (χ2n) is 13.2. The van der Waals surface area contributed by atoms with Crippen LogP contribution in [-0.2, 0) is 0 Å². The lowest BCUT2D eigenvalue weighted by atomic mass is 9.75. The van der Waals surface area contributed by atoms with Gasteiger partial charge in [-0.15, -0.1) is 0 Å². The first-order valence-corrected chi connectivity index (χ1v) is 17.1. The summed E-state index contributed by atoms with van der Waals surface area (Å²) < 4.78 is 87.3. The van der Waals surface area contributed by atoms with Gasteiger partial charge >= 0.3 is 12.4 Å². The van der Waals surface area contributed by atoms with Crippen LogP contribution in [0.5, 0.6) is 0 Å². The summed E-state index contributed by atoms with van der Waals surface area (Å²) in [5, 5.41) is 11.6. The lowest BCUT2D eigenvalue weighted by molar-refractivity contribution is -0.173. The first-order chi connectivity index (χ1) is 25.9. The fourth-order valence-corrected chi connectivity index (χ4v) is 7.44. The summed E-state index contributed by atoms with van der Waals surface area (Å²) in [5.74, 6) is -3.90. The van der Waals surface area contributed by atoms with Gasteiger partial charge in [-0.25, -0.2) is 9.97 Å².